The summed E-state index contributed by atoms with van der Waals surface area (Å²) in [5.74, 6) is 1.48. The number of fused-ring (bicyclic) bond motifs is 1. The van der Waals surface area contributed by atoms with Crippen molar-refractivity contribution in [3.05, 3.63) is 30.5 Å². The zero-order valence-corrected chi connectivity index (χ0v) is 11.2. The first kappa shape index (κ1) is 11.6. The fourth-order valence-corrected chi connectivity index (χ4v) is 2.28. The number of methoxy groups -OCH3 is 1. The molecule has 0 atom stereocenters. The summed E-state index contributed by atoms with van der Waals surface area (Å²) in [6, 6.07) is 8.00. The normalized spacial score (nSPS) is 11.1. The van der Waals surface area contributed by atoms with E-state index in [1.807, 2.05) is 38.5 Å². The highest BCUT2D eigenvalue weighted by Gasteiger charge is 2.11. The van der Waals surface area contributed by atoms with Crippen LogP contribution in [0.2, 0.25) is 0 Å². The molecule has 0 bridgehead atoms. The SMILES string of the molecule is COc1cc(-c2cc(N)n(C)n2)cc2c1ccn2C. The zero-order chi connectivity index (χ0) is 13.6. The molecule has 0 radical (unpaired) electrons. The van der Waals surface area contributed by atoms with E-state index in [1.165, 1.54) is 0 Å². The molecule has 98 valence electrons. The summed E-state index contributed by atoms with van der Waals surface area (Å²) >= 11 is 0. The molecule has 0 spiro atoms. The molecule has 3 rings (SSSR count). The second-order valence-electron chi connectivity index (χ2n) is 4.62. The molecule has 19 heavy (non-hydrogen) atoms. The summed E-state index contributed by atoms with van der Waals surface area (Å²) in [6.45, 7) is 0. The van der Waals surface area contributed by atoms with Gasteiger partial charge in [0.25, 0.3) is 0 Å². The van der Waals surface area contributed by atoms with Gasteiger partial charge in [-0.2, -0.15) is 5.10 Å². The highest BCUT2D eigenvalue weighted by Crippen LogP contribution is 2.32. The van der Waals surface area contributed by atoms with E-state index < -0.39 is 0 Å². The number of anilines is 1. The quantitative estimate of drug-likeness (QED) is 0.764. The fraction of sp³-hybridized carbons (Fsp3) is 0.214. The Morgan fingerprint density at radius 2 is 2.00 bits per heavy atom. The van der Waals surface area contributed by atoms with Crippen LogP contribution in [0.3, 0.4) is 0 Å². The number of hydrogen-bond acceptors (Lipinski definition) is 3. The largest absolute Gasteiger partial charge is 0.496 e. The molecule has 2 N–H and O–H groups in total. The monoisotopic (exact) mass is 256 g/mol. The molecule has 2 aromatic heterocycles. The Labute approximate surface area is 111 Å². The van der Waals surface area contributed by atoms with Crippen LogP contribution in [0.25, 0.3) is 22.2 Å². The number of aromatic nitrogens is 3. The van der Waals surface area contributed by atoms with Crippen molar-refractivity contribution in [2.24, 2.45) is 14.1 Å². The molecule has 3 aromatic rings. The predicted octanol–water partition coefficient (Wildman–Crippen LogP) is 2.17. The van der Waals surface area contributed by atoms with Gasteiger partial charge < -0.3 is 15.0 Å². The van der Waals surface area contributed by atoms with Gasteiger partial charge in [0, 0.05) is 37.3 Å². The van der Waals surface area contributed by atoms with Crippen molar-refractivity contribution in [2.75, 3.05) is 12.8 Å². The van der Waals surface area contributed by atoms with Gasteiger partial charge in [-0.15, -0.1) is 0 Å². The summed E-state index contributed by atoms with van der Waals surface area (Å²) in [5.41, 5.74) is 8.79. The maximum atomic E-state index is 5.84. The number of benzene rings is 1. The van der Waals surface area contributed by atoms with Crippen molar-refractivity contribution in [3.8, 4) is 17.0 Å². The van der Waals surface area contributed by atoms with E-state index in [0.717, 1.165) is 27.9 Å². The van der Waals surface area contributed by atoms with Gasteiger partial charge in [0.1, 0.15) is 11.6 Å². The molecule has 0 saturated carbocycles. The predicted molar refractivity (Wildman–Crippen MR) is 76.1 cm³/mol. The van der Waals surface area contributed by atoms with E-state index in [-0.39, 0.29) is 0 Å². The first-order valence-corrected chi connectivity index (χ1v) is 6.03. The van der Waals surface area contributed by atoms with Crippen LogP contribution in [0, 0.1) is 0 Å². The summed E-state index contributed by atoms with van der Waals surface area (Å²) in [7, 11) is 5.52. The minimum atomic E-state index is 0.640. The maximum Gasteiger partial charge on any atom is 0.128 e. The standard InChI is InChI=1S/C14H16N4O/c1-17-5-4-10-12(17)6-9(7-13(10)19-3)11-8-14(15)18(2)16-11/h4-8H,15H2,1-3H3. The maximum absolute atomic E-state index is 5.84. The Bertz CT molecular complexity index is 735. The van der Waals surface area contributed by atoms with Crippen molar-refractivity contribution < 1.29 is 4.74 Å². The minimum absolute atomic E-state index is 0.640. The third-order valence-corrected chi connectivity index (χ3v) is 3.40. The third-order valence-electron chi connectivity index (χ3n) is 3.40. The number of rotatable bonds is 2. The van der Waals surface area contributed by atoms with E-state index in [1.54, 1.807) is 11.8 Å². The highest BCUT2D eigenvalue weighted by molar-refractivity contribution is 5.91. The third kappa shape index (κ3) is 1.74. The molecule has 5 nitrogen and oxygen atoms in total. The van der Waals surface area contributed by atoms with Crippen LogP contribution in [-0.2, 0) is 14.1 Å². The molecular weight excluding hydrogens is 240 g/mol. The molecule has 0 fully saturated rings. The van der Waals surface area contributed by atoms with Crippen LogP contribution in [0.5, 0.6) is 5.75 Å². The lowest BCUT2D eigenvalue weighted by atomic mass is 10.1. The number of nitrogens with zero attached hydrogens (tertiary/aromatic N) is 3. The Morgan fingerprint density at radius 1 is 1.21 bits per heavy atom. The lowest BCUT2D eigenvalue weighted by Gasteiger charge is -2.06. The number of ether oxygens (including phenoxy) is 1. The van der Waals surface area contributed by atoms with Gasteiger partial charge in [-0.1, -0.05) is 0 Å². The van der Waals surface area contributed by atoms with E-state index in [4.69, 9.17) is 10.5 Å². The number of hydrogen-bond donors (Lipinski definition) is 1. The number of nitrogens with two attached hydrogens (primary N) is 1. The average molecular weight is 256 g/mol. The summed E-state index contributed by atoms with van der Waals surface area (Å²) in [5, 5.41) is 5.50. The van der Waals surface area contributed by atoms with E-state index in [2.05, 4.69) is 15.7 Å². The summed E-state index contributed by atoms with van der Waals surface area (Å²) in [4.78, 5) is 0. The first-order valence-electron chi connectivity index (χ1n) is 6.03. The molecule has 0 saturated heterocycles. The molecule has 0 amide bonds. The lowest BCUT2D eigenvalue weighted by Crippen LogP contribution is -1.96. The van der Waals surface area contributed by atoms with E-state index in [9.17, 15) is 0 Å². The highest BCUT2D eigenvalue weighted by atomic mass is 16.5. The van der Waals surface area contributed by atoms with Gasteiger partial charge in [-0.3, -0.25) is 4.68 Å². The van der Waals surface area contributed by atoms with Crippen molar-refractivity contribution >= 4 is 16.7 Å². The van der Waals surface area contributed by atoms with Gasteiger partial charge in [0.15, 0.2) is 0 Å². The second-order valence-corrected chi connectivity index (χ2v) is 4.62. The second kappa shape index (κ2) is 4.05. The van der Waals surface area contributed by atoms with E-state index in [0.29, 0.717) is 5.82 Å². The van der Waals surface area contributed by atoms with E-state index >= 15 is 0 Å². The number of aryl methyl sites for hydroxylation is 2. The summed E-state index contributed by atoms with van der Waals surface area (Å²) in [6.07, 6.45) is 2.02. The molecule has 0 aliphatic rings. The minimum Gasteiger partial charge on any atom is -0.496 e. The smallest absolute Gasteiger partial charge is 0.128 e. The molecule has 5 heteroatoms. The van der Waals surface area contributed by atoms with Crippen LogP contribution in [-0.4, -0.2) is 21.5 Å². The van der Waals surface area contributed by atoms with Crippen molar-refractivity contribution in [1.29, 1.82) is 0 Å². The molecule has 0 unspecified atom stereocenters. The lowest BCUT2D eigenvalue weighted by molar-refractivity contribution is 0.420. The van der Waals surface area contributed by atoms with Crippen molar-refractivity contribution in [1.82, 2.24) is 14.3 Å². The molecule has 1 aromatic carbocycles. The van der Waals surface area contributed by atoms with Gasteiger partial charge >= 0.3 is 0 Å². The van der Waals surface area contributed by atoms with Gasteiger partial charge in [-0.25, -0.2) is 0 Å². The molecular formula is C14H16N4O. The first-order chi connectivity index (χ1) is 9.10. The average Bonchev–Trinajstić information content (AvgIpc) is 2.93. The van der Waals surface area contributed by atoms with Crippen LogP contribution < -0.4 is 10.5 Å². The van der Waals surface area contributed by atoms with Crippen LogP contribution >= 0.6 is 0 Å². The van der Waals surface area contributed by atoms with Crippen molar-refractivity contribution in [2.45, 2.75) is 0 Å². The molecule has 2 heterocycles. The van der Waals surface area contributed by atoms with Crippen molar-refractivity contribution in [3.63, 3.8) is 0 Å². The molecule has 0 aliphatic heterocycles. The summed E-state index contributed by atoms with van der Waals surface area (Å²) < 4.78 is 9.19. The topological polar surface area (TPSA) is 58.0 Å². The zero-order valence-electron chi connectivity index (χ0n) is 11.2. The van der Waals surface area contributed by atoms with Gasteiger partial charge in [-0.05, 0) is 18.2 Å². The Balaban J connectivity index is 2.26. The Kier molecular flexibility index (Phi) is 2.48. The van der Waals surface area contributed by atoms with Gasteiger partial charge in [0.05, 0.1) is 18.3 Å². The molecule has 0 aliphatic carbocycles. The van der Waals surface area contributed by atoms with Crippen LogP contribution in [0.4, 0.5) is 5.82 Å². The van der Waals surface area contributed by atoms with Gasteiger partial charge in [0.2, 0.25) is 0 Å². The number of nitrogen functional groups attached to an aromatic ring is 1. The fourth-order valence-electron chi connectivity index (χ4n) is 2.28. The Hall–Kier alpha value is -2.43. The van der Waals surface area contributed by atoms with Crippen LogP contribution in [0.1, 0.15) is 0 Å². The Morgan fingerprint density at radius 3 is 2.63 bits per heavy atom. The van der Waals surface area contributed by atoms with Crippen LogP contribution in [0.15, 0.2) is 30.5 Å².